The van der Waals surface area contributed by atoms with E-state index in [4.69, 9.17) is 14.0 Å². The van der Waals surface area contributed by atoms with Crippen LogP contribution >= 0.6 is 0 Å². The second-order valence-electron chi connectivity index (χ2n) is 6.61. The van der Waals surface area contributed by atoms with Gasteiger partial charge in [0, 0.05) is 0 Å². The third-order valence-electron chi connectivity index (χ3n) is 3.81. The molecule has 0 aromatic heterocycles. The van der Waals surface area contributed by atoms with Crippen LogP contribution in [0.15, 0.2) is 48.5 Å². The van der Waals surface area contributed by atoms with Crippen LogP contribution in [0.3, 0.4) is 0 Å². The van der Waals surface area contributed by atoms with Crippen molar-refractivity contribution < 1.29 is 45.1 Å². The van der Waals surface area contributed by atoms with Crippen LogP contribution in [0, 0.1) is 0 Å². The fourth-order valence-electron chi connectivity index (χ4n) is 2.42. The highest BCUT2D eigenvalue weighted by Crippen LogP contribution is 2.37. The van der Waals surface area contributed by atoms with Gasteiger partial charge in [-0.15, -0.1) is 13.2 Å². The average Bonchev–Trinajstić information content (AvgIpc) is 2.61. The van der Waals surface area contributed by atoms with E-state index in [0.717, 1.165) is 18.2 Å². The first-order valence-electron chi connectivity index (χ1n) is 8.53. The third-order valence-corrected chi connectivity index (χ3v) is 4.50. The Balaban J connectivity index is 2.32. The van der Waals surface area contributed by atoms with Crippen molar-refractivity contribution in [1.29, 1.82) is 0 Å². The number of benzene rings is 2. The van der Waals surface area contributed by atoms with E-state index in [1.807, 2.05) is 0 Å². The molecular weight excluding hydrogens is 429 g/mol. The summed E-state index contributed by atoms with van der Waals surface area (Å²) in [6.45, 7) is 2.61. The lowest BCUT2D eigenvalue weighted by atomic mass is 9.98. The highest BCUT2D eigenvalue weighted by Gasteiger charge is 2.34. The number of carbonyl (C=O) groups is 1. The maximum atomic E-state index is 12.8. The molecule has 0 saturated carbocycles. The van der Waals surface area contributed by atoms with Gasteiger partial charge in [-0.1, -0.05) is 30.3 Å². The quantitative estimate of drug-likeness (QED) is 0.482. The predicted octanol–water partition coefficient (Wildman–Crippen LogP) is 3.94. The number of hydrogen-bond donors (Lipinski definition) is 1. The summed E-state index contributed by atoms with van der Waals surface area (Å²) in [5.74, 6) is -2.87. The van der Waals surface area contributed by atoms with E-state index in [1.165, 1.54) is 0 Å². The number of alkyl halides is 3. The molecule has 0 spiro atoms. The molecule has 11 heteroatoms. The summed E-state index contributed by atoms with van der Waals surface area (Å²) in [7, 11) is -4.34. The first kappa shape index (κ1) is 23.5. The number of ether oxygens (including phenoxy) is 3. The molecule has 1 N–H and O–H groups in total. The lowest BCUT2D eigenvalue weighted by Crippen LogP contribution is -2.26. The summed E-state index contributed by atoms with van der Waals surface area (Å²) in [5.41, 5.74) is -0.624. The molecule has 2 aromatic rings. The molecule has 0 heterocycles. The Kier molecular flexibility index (Phi) is 6.99. The predicted molar refractivity (Wildman–Crippen MR) is 99.9 cm³/mol. The molecule has 0 aliphatic rings. The lowest BCUT2D eigenvalue weighted by molar-refractivity contribution is -0.275. The standard InChI is InChI=1S/C19H19F3O7S/c1-18(2,14-6-4-3-5-7-14)28-16-12-13(8-9-15(16)29-19(20,21)22)17(23)27-10-11-30(24,25)26/h3-9,12H,10-11H2,1-2H3,(H,24,25,26). The van der Waals surface area contributed by atoms with E-state index in [0.29, 0.717) is 5.56 Å². The third kappa shape index (κ3) is 7.23. The minimum atomic E-state index is -4.99. The van der Waals surface area contributed by atoms with E-state index >= 15 is 0 Å². The van der Waals surface area contributed by atoms with Gasteiger partial charge < -0.3 is 14.2 Å². The van der Waals surface area contributed by atoms with Crippen molar-refractivity contribution in [2.75, 3.05) is 12.4 Å². The molecule has 2 rings (SSSR count). The van der Waals surface area contributed by atoms with Gasteiger partial charge in [0.1, 0.15) is 18.0 Å². The Morgan fingerprint density at radius 1 is 1.00 bits per heavy atom. The Bertz CT molecular complexity index is 987. The minimum absolute atomic E-state index is 0.196. The van der Waals surface area contributed by atoms with Crippen LogP contribution in [0.25, 0.3) is 0 Å². The van der Waals surface area contributed by atoms with Crippen LogP contribution in [0.2, 0.25) is 0 Å². The van der Waals surface area contributed by atoms with Crippen LogP contribution < -0.4 is 9.47 Å². The van der Waals surface area contributed by atoms with Crippen molar-refractivity contribution in [3.63, 3.8) is 0 Å². The van der Waals surface area contributed by atoms with Gasteiger partial charge in [-0.25, -0.2) is 4.79 Å². The summed E-state index contributed by atoms with van der Waals surface area (Å²) in [6.07, 6.45) is -4.99. The maximum Gasteiger partial charge on any atom is 0.573 e. The lowest BCUT2D eigenvalue weighted by Gasteiger charge is -2.28. The van der Waals surface area contributed by atoms with E-state index in [9.17, 15) is 26.4 Å². The van der Waals surface area contributed by atoms with E-state index in [-0.39, 0.29) is 11.3 Å². The molecule has 2 aromatic carbocycles. The van der Waals surface area contributed by atoms with Gasteiger partial charge >= 0.3 is 12.3 Å². The Labute approximate surface area is 171 Å². The second-order valence-corrected chi connectivity index (χ2v) is 8.18. The molecular formula is C19H19F3O7S. The molecule has 0 unspecified atom stereocenters. The number of rotatable bonds is 8. The monoisotopic (exact) mass is 448 g/mol. The fourth-order valence-corrected chi connectivity index (χ4v) is 2.71. The van der Waals surface area contributed by atoms with Crippen molar-refractivity contribution in [2.45, 2.75) is 25.8 Å². The first-order valence-corrected chi connectivity index (χ1v) is 10.1. The molecule has 0 aliphatic heterocycles. The van der Waals surface area contributed by atoms with Crippen molar-refractivity contribution in [2.24, 2.45) is 0 Å². The van der Waals surface area contributed by atoms with Gasteiger partial charge in [0.15, 0.2) is 11.5 Å². The van der Waals surface area contributed by atoms with Gasteiger partial charge in [-0.3, -0.25) is 4.55 Å². The van der Waals surface area contributed by atoms with Crippen molar-refractivity contribution in [3.8, 4) is 11.5 Å². The van der Waals surface area contributed by atoms with E-state index in [1.54, 1.807) is 44.2 Å². The molecule has 30 heavy (non-hydrogen) atoms. The van der Waals surface area contributed by atoms with Gasteiger partial charge in [-0.2, -0.15) is 8.42 Å². The van der Waals surface area contributed by atoms with Crippen molar-refractivity contribution in [1.82, 2.24) is 0 Å². The van der Waals surface area contributed by atoms with Crippen LogP contribution in [-0.4, -0.2) is 37.7 Å². The normalized spacial score (nSPS) is 12.3. The average molecular weight is 448 g/mol. The van der Waals surface area contributed by atoms with Crippen LogP contribution in [-0.2, 0) is 20.5 Å². The summed E-state index contributed by atoms with van der Waals surface area (Å²) in [5, 5.41) is 0. The first-order chi connectivity index (χ1) is 13.8. The van der Waals surface area contributed by atoms with Crippen LogP contribution in [0.5, 0.6) is 11.5 Å². The molecule has 164 valence electrons. The molecule has 0 saturated heterocycles. The molecule has 0 atom stereocenters. The SMILES string of the molecule is CC(C)(Oc1cc(C(=O)OCCS(=O)(=O)O)ccc1OC(F)(F)F)c1ccccc1. The summed E-state index contributed by atoms with van der Waals surface area (Å²) >= 11 is 0. The zero-order valence-corrected chi connectivity index (χ0v) is 16.8. The van der Waals surface area contributed by atoms with Gasteiger partial charge in [0.25, 0.3) is 10.1 Å². The number of esters is 1. The largest absolute Gasteiger partial charge is 0.573 e. The Morgan fingerprint density at radius 2 is 1.63 bits per heavy atom. The molecule has 0 bridgehead atoms. The number of carbonyl (C=O) groups excluding carboxylic acids is 1. The summed E-state index contributed by atoms with van der Waals surface area (Å²) in [6, 6.07) is 11.6. The molecule has 7 nitrogen and oxygen atoms in total. The van der Waals surface area contributed by atoms with Crippen molar-refractivity contribution >= 4 is 16.1 Å². The van der Waals surface area contributed by atoms with Gasteiger partial charge in [0.2, 0.25) is 0 Å². The Morgan fingerprint density at radius 3 is 2.20 bits per heavy atom. The van der Waals surface area contributed by atoms with Crippen molar-refractivity contribution in [3.05, 3.63) is 59.7 Å². The topological polar surface area (TPSA) is 99.1 Å². The summed E-state index contributed by atoms with van der Waals surface area (Å²) < 4.78 is 82.8. The maximum absolute atomic E-state index is 12.8. The highest BCUT2D eigenvalue weighted by atomic mass is 32.2. The van der Waals surface area contributed by atoms with Gasteiger partial charge in [-0.05, 0) is 37.6 Å². The molecule has 0 aliphatic carbocycles. The Hall–Kier alpha value is -2.79. The fraction of sp³-hybridized carbons (Fsp3) is 0.316. The number of hydrogen-bond acceptors (Lipinski definition) is 6. The van der Waals surface area contributed by atoms with E-state index in [2.05, 4.69) is 4.74 Å². The van der Waals surface area contributed by atoms with Gasteiger partial charge in [0.05, 0.1) is 5.56 Å². The highest BCUT2D eigenvalue weighted by molar-refractivity contribution is 7.85. The van der Waals surface area contributed by atoms with E-state index < -0.39 is 46.2 Å². The zero-order valence-electron chi connectivity index (χ0n) is 16.0. The summed E-state index contributed by atoms with van der Waals surface area (Å²) in [4.78, 5) is 12.1. The smallest absolute Gasteiger partial charge is 0.479 e. The minimum Gasteiger partial charge on any atom is -0.479 e. The van der Waals surface area contributed by atoms with Crippen LogP contribution in [0.1, 0.15) is 29.8 Å². The molecule has 0 fully saturated rings. The zero-order chi connectivity index (χ0) is 22.6. The van der Waals surface area contributed by atoms with Crippen LogP contribution in [0.4, 0.5) is 13.2 Å². The molecule has 0 amide bonds. The second kappa shape index (κ2) is 8.92. The molecule has 0 radical (unpaired) electrons. The number of halogens is 3.